The van der Waals surface area contributed by atoms with Crippen LogP contribution in [0.2, 0.25) is 0 Å². The van der Waals surface area contributed by atoms with E-state index in [2.05, 4.69) is 39.6 Å². The van der Waals surface area contributed by atoms with Crippen LogP contribution in [0.25, 0.3) is 0 Å². The fourth-order valence-electron chi connectivity index (χ4n) is 2.17. The number of hydrogen-bond acceptors (Lipinski definition) is 2. The Bertz CT molecular complexity index is 148. The maximum Gasteiger partial charge on any atom is 0.0193 e. The van der Waals surface area contributed by atoms with Crippen LogP contribution in [-0.4, -0.2) is 53.9 Å². The lowest BCUT2D eigenvalue weighted by atomic mass is 10.2. The molecule has 0 aromatic heterocycles. The summed E-state index contributed by atoms with van der Waals surface area (Å²) in [5.74, 6) is 0. The second-order valence-corrected chi connectivity index (χ2v) is 4.66. The first kappa shape index (κ1) is 12.5. The van der Waals surface area contributed by atoms with E-state index in [1.54, 1.807) is 0 Å². The topological polar surface area (TPSA) is 6.48 Å². The summed E-state index contributed by atoms with van der Waals surface area (Å²) in [6.07, 6.45) is 2.76. The van der Waals surface area contributed by atoms with Crippen molar-refractivity contribution in [3.05, 3.63) is 0 Å². The lowest BCUT2D eigenvalue weighted by Crippen LogP contribution is -2.38. The molecule has 1 saturated heterocycles. The Balaban J connectivity index is 2.22. The van der Waals surface area contributed by atoms with E-state index in [-0.39, 0.29) is 0 Å². The summed E-state index contributed by atoms with van der Waals surface area (Å²) in [5, 5.41) is 1.14. The van der Waals surface area contributed by atoms with Gasteiger partial charge in [-0.2, -0.15) is 0 Å². The van der Waals surface area contributed by atoms with Crippen LogP contribution in [0.3, 0.4) is 0 Å². The van der Waals surface area contributed by atoms with Crippen molar-refractivity contribution < 1.29 is 0 Å². The molecule has 0 radical (unpaired) electrons. The summed E-state index contributed by atoms with van der Waals surface area (Å²) < 4.78 is 0. The summed E-state index contributed by atoms with van der Waals surface area (Å²) in [5.41, 5.74) is 0. The average molecular weight is 263 g/mol. The molecule has 0 spiro atoms. The van der Waals surface area contributed by atoms with Crippen molar-refractivity contribution in [1.82, 2.24) is 9.80 Å². The van der Waals surface area contributed by atoms with Crippen LogP contribution < -0.4 is 0 Å². The Labute approximate surface area is 96.8 Å². The quantitative estimate of drug-likeness (QED) is 0.678. The molecule has 2 nitrogen and oxygen atoms in total. The van der Waals surface area contributed by atoms with E-state index in [1.807, 2.05) is 0 Å². The summed E-state index contributed by atoms with van der Waals surface area (Å²) in [6, 6.07) is 0.797. The highest BCUT2D eigenvalue weighted by molar-refractivity contribution is 9.09. The van der Waals surface area contributed by atoms with Gasteiger partial charge >= 0.3 is 0 Å². The number of alkyl halides is 1. The molecule has 3 heteroatoms. The van der Waals surface area contributed by atoms with Gasteiger partial charge in [0.2, 0.25) is 0 Å². The van der Waals surface area contributed by atoms with Crippen LogP contribution in [0.4, 0.5) is 0 Å². The second kappa shape index (κ2) is 6.81. The van der Waals surface area contributed by atoms with E-state index in [4.69, 9.17) is 0 Å². The molecular weight excluding hydrogens is 240 g/mol. The predicted molar refractivity (Wildman–Crippen MR) is 66.2 cm³/mol. The number of nitrogens with zero attached hydrogens (tertiary/aromatic N) is 2. The van der Waals surface area contributed by atoms with Crippen molar-refractivity contribution >= 4 is 15.9 Å². The molecule has 1 unspecified atom stereocenters. The monoisotopic (exact) mass is 262 g/mol. The standard InChI is InChI=1S/C11H23BrN2/c1-3-13(4-2)8-9-14-7-5-6-11(14)10-12/h11H,3-10H2,1-2H3. The zero-order chi connectivity index (χ0) is 10.4. The van der Waals surface area contributed by atoms with Gasteiger partial charge in [-0.1, -0.05) is 29.8 Å². The normalized spacial score (nSPS) is 23.6. The number of likely N-dealkylation sites (tertiary alicyclic amines) is 1. The zero-order valence-electron chi connectivity index (χ0n) is 9.51. The van der Waals surface area contributed by atoms with Crippen LogP contribution >= 0.6 is 15.9 Å². The summed E-state index contributed by atoms with van der Waals surface area (Å²) in [4.78, 5) is 5.14. The van der Waals surface area contributed by atoms with E-state index in [0.717, 1.165) is 11.4 Å². The molecule has 0 saturated carbocycles. The second-order valence-electron chi connectivity index (χ2n) is 4.01. The first-order valence-electron chi connectivity index (χ1n) is 5.84. The summed E-state index contributed by atoms with van der Waals surface area (Å²) in [6.45, 7) is 10.6. The Hall–Kier alpha value is 0.400. The molecule has 1 fully saturated rings. The Kier molecular flexibility index (Phi) is 6.06. The smallest absolute Gasteiger partial charge is 0.0193 e. The number of halogens is 1. The lowest BCUT2D eigenvalue weighted by molar-refractivity contribution is 0.212. The minimum atomic E-state index is 0.797. The Morgan fingerprint density at radius 1 is 1.36 bits per heavy atom. The van der Waals surface area contributed by atoms with Crippen molar-refractivity contribution in [3.63, 3.8) is 0 Å². The van der Waals surface area contributed by atoms with Crippen LogP contribution in [-0.2, 0) is 0 Å². The molecule has 0 amide bonds. The Morgan fingerprint density at radius 2 is 2.07 bits per heavy atom. The van der Waals surface area contributed by atoms with Gasteiger partial charge in [0.25, 0.3) is 0 Å². The zero-order valence-corrected chi connectivity index (χ0v) is 11.1. The maximum absolute atomic E-state index is 3.60. The SMILES string of the molecule is CCN(CC)CCN1CCCC1CBr. The van der Waals surface area contributed by atoms with E-state index in [9.17, 15) is 0 Å². The fraction of sp³-hybridized carbons (Fsp3) is 1.00. The van der Waals surface area contributed by atoms with Crippen molar-refractivity contribution in [1.29, 1.82) is 0 Å². The molecule has 0 N–H and O–H groups in total. The average Bonchev–Trinajstić information content (AvgIpc) is 2.67. The molecule has 14 heavy (non-hydrogen) atoms. The molecule has 1 rings (SSSR count). The van der Waals surface area contributed by atoms with Gasteiger partial charge < -0.3 is 4.90 Å². The number of rotatable bonds is 6. The third-order valence-electron chi connectivity index (χ3n) is 3.28. The Morgan fingerprint density at radius 3 is 2.64 bits per heavy atom. The van der Waals surface area contributed by atoms with Crippen molar-refractivity contribution in [3.8, 4) is 0 Å². The molecule has 1 heterocycles. The number of hydrogen-bond donors (Lipinski definition) is 0. The first-order chi connectivity index (χ1) is 6.81. The summed E-state index contributed by atoms with van der Waals surface area (Å²) >= 11 is 3.60. The van der Waals surface area contributed by atoms with Crippen molar-refractivity contribution in [2.75, 3.05) is 38.1 Å². The van der Waals surface area contributed by atoms with Gasteiger partial charge in [0, 0.05) is 24.5 Å². The minimum Gasteiger partial charge on any atom is -0.303 e. The van der Waals surface area contributed by atoms with E-state index in [1.165, 1.54) is 45.6 Å². The van der Waals surface area contributed by atoms with Crippen LogP contribution in [0.1, 0.15) is 26.7 Å². The van der Waals surface area contributed by atoms with Gasteiger partial charge in [-0.05, 0) is 32.5 Å². The molecule has 1 atom stereocenters. The highest BCUT2D eigenvalue weighted by Crippen LogP contribution is 2.18. The highest BCUT2D eigenvalue weighted by Gasteiger charge is 2.22. The molecule has 0 aliphatic carbocycles. The van der Waals surface area contributed by atoms with Gasteiger partial charge in [-0.3, -0.25) is 4.90 Å². The molecule has 84 valence electrons. The van der Waals surface area contributed by atoms with Crippen LogP contribution in [0, 0.1) is 0 Å². The van der Waals surface area contributed by atoms with Crippen LogP contribution in [0.15, 0.2) is 0 Å². The molecule has 0 aromatic rings. The third kappa shape index (κ3) is 3.52. The fourth-order valence-corrected chi connectivity index (χ4v) is 2.91. The third-order valence-corrected chi connectivity index (χ3v) is 4.02. The molecule has 1 aliphatic rings. The van der Waals surface area contributed by atoms with Gasteiger partial charge in [-0.25, -0.2) is 0 Å². The number of likely N-dealkylation sites (N-methyl/N-ethyl adjacent to an activating group) is 1. The lowest BCUT2D eigenvalue weighted by Gasteiger charge is -2.26. The molecule has 0 bridgehead atoms. The van der Waals surface area contributed by atoms with Gasteiger partial charge in [0.15, 0.2) is 0 Å². The van der Waals surface area contributed by atoms with E-state index >= 15 is 0 Å². The van der Waals surface area contributed by atoms with Crippen LogP contribution in [0.5, 0.6) is 0 Å². The minimum absolute atomic E-state index is 0.797. The van der Waals surface area contributed by atoms with E-state index < -0.39 is 0 Å². The predicted octanol–water partition coefficient (Wildman–Crippen LogP) is 2.19. The maximum atomic E-state index is 3.60. The van der Waals surface area contributed by atoms with Gasteiger partial charge in [0.1, 0.15) is 0 Å². The largest absolute Gasteiger partial charge is 0.303 e. The van der Waals surface area contributed by atoms with Gasteiger partial charge in [0.05, 0.1) is 0 Å². The van der Waals surface area contributed by atoms with Gasteiger partial charge in [-0.15, -0.1) is 0 Å². The first-order valence-corrected chi connectivity index (χ1v) is 6.96. The molecule has 1 aliphatic heterocycles. The van der Waals surface area contributed by atoms with Crippen molar-refractivity contribution in [2.24, 2.45) is 0 Å². The molecule has 0 aromatic carbocycles. The summed E-state index contributed by atoms with van der Waals surface area (Å²) in [7, 11) is 0. The molecular formula is C11H23BrN2. The van der Waals surface area contributed by atoms with Crippen molar-refractivity contribution in [2.45, 2.75) is 32.7 Å². The highest BCUT2D eigenvalue weighted by atomic mass is 79.9. The van der Waals surface area contributed by atoms with E-state index in [0.29, 0.717) is 0 Å².